The largest absolute Gasteiger partial charge is 0.355 e. The first-order valence-electron chi connectivity index (χ1n) is 16.4. The first-order chi connectivity index (χ1) is 21.1. The molecule has 4 aromatic carbocycles. The fourth-order valence-electron chi connectivity index (χ4n) is 7.22. The maximum atomic E-state index is 3.98. The van der Waals surface area contributed by atoms with Crippen molar-refractivity contribution in [1.29, 1.82) is 0 Å². The van der Waals surface area contributed by atoms with Gasteiger partial charge in [-0.1, -0.05) is 84.6 Å². The van der Waals surface area contributed by atoms with Crippen molar-refractivity contribution >= 4 is 22.7 Å². The fourth-order valence-corrected chi connectivity index (χ4v) is 7.22. The highest BCUT2D eigenvalue weighted by atomic mass is 15.0. The molecule has 4 heteroatoms. The maximum absolute atomic E-state index is 3.98. The molecule has 4 nitrogen and oxygen atoms in total. The number of para-hydroxylation sites is 2. The van der Waals surface area contributed by atoms with Crippen LogP contribution in [-0.4, -0.2) is 12.1 Å². The molecule has 0 radical (unpaired) electrons. The van der Waals surface area contributed by atoms with E-state index in [1.165, 1.54) is 104 Å². The average Bonchev–Trinajstić information content (AvgIpc) is 2.96. The van der Waals surface area contributed by atoms with E-state index in [4.69, 9.17) is 0 Å². The lowest BCUT2D eigenvalue weighted by Gasteiger charge is -2.34. The SMILES string of the molecule is Cc1cc(C)c(Nc2c(C)cccc2CN[C@H]2CCCC[C@@H]2NCc2cccc(C)c2Nc2c(C)cc(C)cc2C)c(C)c1. The Bertz CT molecular complexity index is 1450. The lowest BCUT2D eigenvalue weighted by Crippen LogP contribution is -2.49. The number of aryl methyl sites for hydroxylation is 8. The molecule has 0 amide bonds. The minimum absolute atomic E-state index is 0.433. The van der Waals surface area contributed by atoms with Gasteiger partial charge >= 0.3 is 0 Å². The van der Waals surface area contributed by atoms with Crippen molar-refractivity contribution in [1.82, 2.24) is 10.6 Å². The second kappa shape index (κ2) is 14.0. The Kier molecular flexibility index (Phi) is 10.1. The minimum Gasteiger partial charge on any atom is -0.355 e. The van der Waals surface area contributed by atoms with Gasteiger partial charge in [0.1, 0.15) is 0 Å². The minimum atomic E-state index is 0.433. The molecule has 4 N–H and O–H groups in total. The summed E-state index contributed by atoms with van der Waals surface area (Å²) in [6.07, 6.45) is 4.95. The van der Waals surface area contributed by atoms with Gasteiger partial charge in [-0.25, -0.2) is 0 Å². The predicted molar refractivity (Wildman–Crippen MR) is 190 cm³/mol. The van der Waals surface area contributed by atoms with Gasteiger partial charge in [0.25, 0.3) is 0 Å². The molecule has 0 bridgehead atoms. The van der Waals surface area contributed by atoms with Crippen molar-refractivity contribution in [2.24, 2.45) is 0 Å². The van der Waals surface area contributed by atoms with Crippen LogP contribution in [0.25, 0.3) is 0 Å². The Hall–Kier alpha value is -3.60. The van der Waals surface area contributed by atoms with Crippen molar-refractivity contribution < 1.29 is 0 Å². The molecule has 0 spiro atoms. The normalized spacial score (nSPS) is 16.6. The number of anilines is 4. The van der Waals surface area contributed by atoms with Gasteiger partial charge < -0.3 is 21.3 Å². The van der Waals surface area contributed by atoms with Crippen molar-refractivity contribution in [2.45, 2.75) is 106 Å². The molecule has 232 valence electrons. The van der Waals surface area contributed by atoms with Crippen LogP contribution in [0, 0.1) is 55.4 Å². The molecule has 1 aliphatic rings. The summed E-state index contributed by atoms with van der Waals surface area (Å²) in [5.74, 6) is 0. The lowest BCUT2D eigenvalue weighted by atomic mass is 9.89. The summed E-state index contributed by atoms with van der Waals surface area (Å²) >= 11 is 0. The van der Waals surface area contributed by atoms with E-state index >= 15 is 0 Å². The topological polar surface area (TPSA) is 48.1 Å². The van der Waals surface area contributed by atoms with E-state index in [-0.39, 0.29) is 0 Å². The molecule has 2 atom stereocenters. The smallest absolute Gasteiger partial charge is 0.0459 e. The molecule has 4 aromatic rings. The second-order valence-corrected chi connectivity index (χ2v) is 13.3. The third-order valence-electron chi connectivity index (χ3n) is 9.45. The highest BCUT2D eigenvalue weighted by molar-refractivity contribution is 5.73. The zero-order valence-electron chi connectivity index (χ0n) is 28.2. The quantitative estimate of drug-likeness (QED) is 0.149. The number of rotatable bonds is 10. The van der Waals surface area contributed by atoms with Crippen molar-refractivity contribution in [3.8, 4) is 0 Å². The second-order valence-electron chi connectivity index (χ2n) is 13.3. The maximum Gasteiger partial charge on any atom is 0.0459 e. The molecular formula is C40H52N4. The monoisotopic (exact) mass is 588 g/mol. The van der Waals surface area contributed by atoms with Crippen LogP contribution in [0.2, 0.25) is 0 Å². The number of nitrogens with one attached hydrogen (secondary N) is 4. The third-order valence-corrected chi connectivity index (χ3v) is 9.45. The molecule has 1 saturated carbocycles. The summed E-state index contributed by atoms with van der Waals surface area (Å²) < 4.78 is 0. The predicted octanol–water partition coefficient (Wildman–Crippen LogP) is 9.83. The van der Waals surface area contributed by atoms with E-state index < -0.39 is 0 Å². The summed E-state index contributed by atoms with van der Waals surface area (Å²) in [4.78, 5) is 0. The van der Waals surface area contributed by atoms with Crippen LogP contribution in [0.4, 0.5) is 22.7 Å². The first kappa shape index (κ1) is 31.8. The summed E-state index contributed by atoms with van der Waals surface area (Å²) in [5.41, 5.74) is 17.9. The molecular weight excluding hydrogens is 536 g/mol. The van der Waals surface area contributed by atoms with E-state index in [0.29, 0.717) is 12.1 Å². The third kappa shape index (κ3) is 7.36. The summed E-state index contributed by atoms with van der Waals surface area (Å²) in [6.45, 7) is 19.3. The van der Waals surface area contributed by atoms with Gasteiger partial charge in [-0.3, -0.25) is 0 Å². The average molecular weight is 589 g/mol. The lowest BCUT2D eigenvalue weighted by molar-refractivity contribution is 0.281. The molecule has 44 heavy (non-hydrogen) atoms. The molecule has 0 saturated heterocycles. The van der Waals surface area contributed by atoms with E-state index in [0.717, 1.165) is 13.1 Å². The molecule has 1 aliphatic carbocycles. The van der Waals surface area contributed by atoms with Crippen molar-refractivity contribution in [3.63, 3.8) is 0 Å². The summed E-state index contributed by atoms with van der Waals surface area (Å²) in [6, 6.07) is 23.3. The van der Waals surface area contributed by atoms with Gasteiger partial charge in [0, 0.05) is 47.9 Å². The van der Waals surface area contributed by atoms with Gasteiger partial charge in [-0.05, 0) is 113 Å². The Balaban J connectivity index is 1.29. The van der Waals surface area contributed by atoms with Gasteiger partial charge in [0.2, 0.25) is 0 Å². The molecule has 5 rings (SSSR count). The highest BCUT2D eigenvalue weighted by Crippen LogP contribution is 2.32. The Morgan fingerprint density at radius 2 is 0.841 bits per heavy atom. The molecule has 0 aliphatic heterocycles. The highest BCUT2D eigenvalue weighted by Gasteiger charge is 2.25. The number of hydrogen-bond acceptors (Lipinski definition) is 4. The zero-order valence-corrected chi connectivity index (χ0v) is 28.2. The number of hydrogen-bond donors (Lipinski definition) is 4. The number of benzene rings is 4. The molecule has 1 fully saturated rings. The van der Waals surface area contributed by atoms with Crippen LogP contribution in [0.5, 0.6) is 0 Å². The van der Waals surface area contributed by atoms with E-state index in [1.54, 1.807) is 0 Å². The van der Waals surface area contributed by atoms with Crippen LogP contribution in [0.3, 0.4) is 0 Å². The molecule has 0 aromatic heterocycles. The van der Waals surface area contributed by atoms with E-state index in [2.05, 4.69) is 137 Å². The molecule has 0 unspecified atom stereocenters. The first-order valence-corrected chi connectivity index (χ1v) is 16.4. The van der Waals surface area contributed by atoms with Gasteiger partial charge in [0.15, 0.2) is 0 Å². The van der Waals surface area contributed by atoms with Gasteiger partial charge in [-0.15, -0.1) is 0 Å². The Morgan fingerprint density at radius 3 is 1.20 bits per heavy atom. The van der Waals surface area contributed by atoms with Crippen LogP contribution >= 0.6 is 0 Å². The zero-order chi connectivity index (χ0) is 31.4. The van der Waals surface area contributed by atoms with Gasteiger partial charge in [-0.2, -0.15) is 0 Å². The standard InChI is InChI=1S/C40H52N4/c1-25-19-29(5)37(30(6)20-25)43-39-27(3)13-11-15-33(39)23-41-35-17-9-10-18-36(35)42-24-34-16-12-14-28(4)40(34)44-38-31(7)21-26(2)22-32(38)8/h11-16,19-22,35-36,41-44H,9-10,17-18,23-24H2,1-8H3/t35-,36-/m0/s1. The Morgan fingerprint density at radius 1 is 0.477 bits per heavy atom. The van der Waals surface area contributed by atoms with Crippen LogP contribution in [-0.2, 0) is 13.1 Å². The van der Waals surface area contributed by atoms with Crippen molar-refractivity contribution in [3.05, 3.63) is 116 Å². The van der Waals surface area contributed by atoms with Crippen LogP contribution in [0.1, 0.15) is 81.3 Å². The van der Waals surface area contributed by atoms with E-state index in [9.17, 15) is 0 Å². The summed E-state index contributed by atoms with van der Waals surface area (Å²) in [5, 5.41) is 15.6. The molecule has 0 heterocycles. The van der Waals surface area contributed by atoms with Crippen LogP contribution < -0.4 is 21.3 Å². The Labute approximate surface area is 266 Å². The fraction of sp³-hybridized carbons (Fsp3) is 0.400. The summed E-state index contributed by atoms with van der Waals surface area (Å²) in [7, 11) is 0. The van der Waals surface area contributed by atoms with Crippen molar-refractivity contribution in [2.75, 3.05) is 10.6 Å². The van der Waals surface area contributed by atoms with Crippen LogP contribution in [0.15, 0.2) is 60.7 Å². The van der Waals surface area contributed by atoms with E-state index in [1.807, 2.05) is 0 Å². The van der Waals surface area contributed by atoms with Gasteiger partial charge in [0.05, 0.1) is 0 Å².